The van der Waals surface area contributed by atoms with Gasteiger partial charge in [-0.05, 0) is 71.0 Å². The second-order valence-corrected chi connectivity index (χ2v) is 15.8. The van der Waals surface area contributed by atoms with Crippen LogP contribution in [0.3, 0.4) is 0 Å². The third-order valence-electron chi connectivity index (χ3n) is 8.03. The molecule has 47 heavy (non-hydrogen) atoms. The molecule has 0 aliphatic carbocycles. The molecule has 2 fully saturated rings. The van der Waals surface area contributed by atoms with Gasteiger partial charge in [0.2, 0.25) is 26.4 Å². The first kappa shape index (κ1) is 35.7. The van der Waals surface area contributed by atoms with E-state index in [1.807, 2.05) is 5.32 Å². The van der Waals surface area contributed by atoms with Crippen LogP contribution in [-0.4, -0.2) is 85.5 Å². The third kappa shape index (κ3) is 6.65. The van der Waals surface area contributed by atoms with E-state index in [0.717, 1.165) is 24.3 Å². The number of rotatable bonds is 9. The summed E-state index contributed by atoms with van der Waals surface area (Å²) in [5.74, 6) is -3.05. The normalized spacial score (nSPS) is 24.2. The number of ether oxygens (including phenoxy) is 1. The number of benzene rings is 2. The van der Waals surface area contributed by atoms with Crippen LogP contribution >= 0.6 is 0 Å². The Morgan fingerprint density at radius 3 is 1.96 bits per heavy atom. The number of hydrazine groups is 1. The average molecular weight is 698 g/mol. The van der Waals surface area contributed by atoms with Crippen LogP contribution in [-0.2, 0) is 33.7 Å². The summed E-state index contributed by atoms with van der Waals surface area (Å²) >= 11 is 0. The van der Waals surface area contributed by atoms with Crippen LogP contribution in [0, 0.1) is 26.1 Å². The van der Waals surface area contributed by atoms with Crippen molar-refractivity contribution < 1.29 is 45.3 Å². The lowest BCUT2D eigenvalue weighted by molar-refractivity contribution is -0.693. The second-order valence-electron chi connectivity index (χ2n) is 12.1. The lowest BCUT2D eigenvalue weighted by Crippen LogP contribution is -2.83. The van der Waals surface area contributed by atoms with Crippen molar-refractivity contribution in [1.82, 2.24) is 15.6 Å². The predicted molar refractivity (Wildman–Crippen MR) is 163 cm³/mol. The van der Waals surface area contributed by atoms with Crippen LogP contribution in [0.5, 0.6) is 0 Å². The van der Waals surface area contributed by atoms with E-state index in [0.29, 0.717) is 0 Å². The summed E-state index contributed by atoms with van der Waals surface area (Å²) in [6.45, 7) is 3.43. The van der Waals surface area contributed by atoms with Gasteiger partial charge in [0, 0.05) is 10.8 Å². The number of sulfone groups is 1. The van der Waals surface area contributed by atoms with Crippen molar-refractivity contribution >= 4 is 32.0 Å². The molecule has 2 aliphatic heterocycles. The topological polar surface area (TPSA) is 234 Å². The second kappa shape index (κ2) is 13.1. The number of alkyl carbamates (subject to hydrolysis) is 1. The fraction of sp³-hybridized carbons (Fsp3) is 0.500. The highest BCUT2D eigenvalue weighted by molar-refractivity contribution is 7.94. The van der Waals surface area contributed by atoms with Gasteiger partial charge in [-0.15, -0.1) is 5.01 Å². The molecule has 4 rings (SSSR count). The van der Waals surface area contributed by atoms with Crippen LogP contribution in [0.1, 0.15) is 40.0 Å². The lowest BCUT2D eigenvalue weighted by atomic mass is 9.69. The number of hydrogen-bond acceptors (Lipinski definition) is 13. The fourth-order valence-electron chi connectivity index (χ4n) is 6.20. The molecule has 2 saturated heterocycles. The Hall–Kier alpha value is -4.20. The molecule has 19 heteroatoms. The van der Waals surface area contributed by atoms with Crippen LogP contribution < -0.4 is 10.6 Å². The Morgan fingerprint density at radius 2 is 1.47 bits per heavy atom. The largest absolute Gasteiger partial charge is 0.444 e. The molecule has 17 nitrogen and oxygen atoms in total. The van der Waals surface area contributed by atoms with Crippen molar-refractivity contribution in [2.45, 2.75) is 71.9 Å². The summed E-state index contributed by atoms with van der Waals surface area (Å²) in [5.41, 5.74) is -4.39. The molecule has 0 spiro atoms. The van der Waals surface area contributed by atoms with Crippen molar-refractivity contribution in [3.63, 3.8) is 0 Å². The molecular formula is C28H35N5O12S2. The number of carbonyl (C=O) groups is 2. The molecule has 2 heterocycles. The zero-order chi connectivity index (χ0) is 34.8. The quantitative estimate of drug-likeness (QED) is 0.216. The zero-order valence-corrected chi connectivity index (χ0v) is 27.4. The number of hydrogen-bond donors (Lipinski definition) is 2. The number of nitro groups is 2. The first-order chi connectivity index (χ1) is 21.9. The SMILES string of the molecule is CC(C)(C)OC(=O)NC(=O)[C@]1(C2CCNCC2)N([N+](=O)[O-])C[C@@H]([N+](=O)[O-])CC1(OS(=O)(=O)c1ccccc1)S(=O)(=O)c1ccccc1. The molecule has 2 amide bonds. The van der Waals surface area contributed by atoms with Crippen molar-refractivity contribution in [3.05, 3.63) is 80.9 Å². The molecule has 2 aromatic rings. The van der Waals surface area contributed by atoms with Crippen LogP contribution in [0.25, 0.3) is 0 Å². The number of amides is 2. The van der Waals surface area contributed by atoms with Crippen molar-refractivity contribution in [2.24, 2.45) is 5.92 Å². The summed E-state index contributed by atoms with van der Waals surface area (Å²) in [6.07, 6.45) is -3.06. The first-order valence-electron chi connectivity index (χ1n) is 14.5. The standard InChI is InChI=1S/C28H35N5O12S2/c1-26(2,3)44-25(35)30-24(34)28(20-14-16-29-17-15-20)27(46(40,41)22-10-6-4-7-11-22,18-21(32(36)37)19-31(28)33(38)39)45-47(42,43)23-12-8-5-9-13-23/h4-13,20-21,29H,14-19H2,1-3H3,(H,30,34,35)/t21-,27?,28-/m0/s1. The van der Waals surface area contributed by atoms with Gasteiger partial charge >= 0.3 is 6.09 Å². The van der Waals surface area contributed by atoms with E-state index in [2.05, 4.69) is 5.32 Å². The zero-order valence-electron chi connectivity index (χ0n) is 25.7. The van der Waals surface area contributed by atoms with Gasteiger partial charge in [-0.3, -0.25) is 20.2 Å². The fourth-order valence-corrected chi connectivity index (χ4v) is 10.0. The molecule has 2 N–H and O–H groups in total. The maximum atomic E-state index is 15.1. The molecule has 0 saturated carbocycles. The minimum Gasteiger partial charge on any atom is -0.444 e. The van der Waals surface area contributed by atoms with Gasteiger partial charge in [-0.2, -0.15) is 8.42 Å². The summed E-state index contributed by atoms with van der Waals surface area (Å²) in [6, 6.07) is 10.1. The number of imide groups is 1. The van der Waals surface area contributed by atoms with Crippen LogP contribution in [0.2, 0.25) is 0 Å². The van der Waals surface area contributed by atoms with Crippen LogP contribution in [0.4, 0.5) is 4.79 Å². The lowest BCUT2D eigenvalue weighted by Gasteiger charge is -2.55. The van der Waals surface area contributed by atoms with Crippen molar-refractivity contribution in [3.8, 4) is 0 Å². The number of piperidine rings is 2. The van der Waals surface area contributed by atoms with Gasteiger partial charge in [0.25, 0.3) is 16.0 Å². The molecule has 1 unspecified atom stereocenters. The minimum atomic E-state index is -5.46. The van der Waals surface area contributed by atoms with Gasteiger partial charge in [-0.1, -0.05) is 36.4 Å². The highest BCUT2D eigenvalue weighted by Crippen LogP contribution is 2.54. The minimum absolute atomic E-state index is 0.0562. The van der Waals surface area contributed by atoms with E-state index in [1.54, 1.807) is 0 Å². The molecule has 3 atom stereocenters. The Labute approximate surface area is 270 Å². The van der Waals surface area contributed by atoms with E-state index < -0.39 is 92.7 Å². The monoisotopic (exact) mass is 697 g/mol. The Morgan fingerprint density at radius 1 is 0.936 bits per heavy atom. The maximum absolute atomic E-state index is 15.1. The van der Waals surface area contributed by atoms with E-state index in [4.69, 9.17) is 8.92 Å². The molecular weight excluding hydrogens is 662 g/mol. The first-order valence-corrected chi connectivity index (χ1v) is 17.4. The predicted octanol–water partition coefficient (Wildman–Crippen LogP) is 1.89. The summed E-state index contributed by atoms with van der Waals surface area (Å²) in [7, 11) is -10.7. The van der Waals surface area contributed by atoms with E-state index >= 15 is 8.42 Å². The Balaban J connectivity index is 2.18. The Bertz CT molecular complexity index is 1730. The van der Waals surface area contributed by atoms with Gasteiger partial charge in [-0.25, -0.2) is 27.5 Å². The van der Waals surface area contributed by atoms with E-state index in [-0.39, 0.29) is 30.9 Å². The summed E-state index contributed by atoms with van der Waals surface area (Å²) in [4.78, 5) is 47.3. The molecule has 0 bridgehead atoms. The van der Waals surface area contributed by atoms with Gasteiger partial charge in [0.1, 0.15) is 12.1 Å². The number of nitrogens with zero attached hydrogens (tertiary/aromatic N) is 3. The van der Waals surface area contributed by atoms with Gasteiger partial charge < -0.3 is 10.1 Å². The van der Waals surface area contributed by atoms with E-state index in [1.165, 1.54) is 57.2 Å². The van der Waals surface area contributed by atoms with Crippen molar-refractivity contribution in [2.75, 3.05) is 19.6 Å². The smallest absolute Gasteiger partial charge is 0.414 e. The van der Waals surface area contributed by atoms with Crippen LogP contribution in [0.15, 0.2) is 70.5 Å². The molecule has 256 valence electrons. The average Bonchev–Trinajstić information content (AvgIpc) is 3.00. The summed E-state index contributed by atoms with van der Waals surface area (Å²) in [5, 5.41) is 29.1. The highest BCUT2D eigenvalue weighted by Gasteiger charge is 2.80. The molecule has 2 aromatic carbocycles. The third-order valence-corrected chi connectivity index (χ3v) is 11.8. The number of nitrogens with one attached hydrogen (secondary N) is 2. The summed E-state index contributed by atoms with van der Waals surface area (Å²) < 4.78 is 69.1. The number of carbonyl (C=O) groups excluding carboxylic acids is 2. The maximum Gasteiger partial charge on any atom is 0.414 e. The highest BCUT2D eigenvalue weighted by atomic mass is 32.2. The van der Waals surface area contributed by atoms with E-state index in [9.17, 15) is 38.2 Å². The Kier molecular flexibility index (Phi) is 9.96. The van der Waals surface area contributed by atoms with Gasteiger partial charge in [0.15, 0.2) is 5.03 Å². The molecule has 0 radical (unpaired) electrons. The van der Waals surface area contributed by atoms with Crippen molar-refractivity contribution in [1.29, 1.82) is 0 Å². The molecule has 0 aromatic heterocycles. The molecule has 2 aliphatic rings. The van der Waals surface area contributed by atoms with Gasteiger partial charge in [0.05, 0.1) is 16.2 Å².